The van der Waals surface area contributed by atoms with Crippen molar-refractivity contribution in [3.05, 3.63) is 29.6 Å². The van der Waals surface area contributed by atoms with Crippen LogP contribution in [0.3, 0.4) is 0 Å². The molecule has 2 rings (SSSR count). The van der Waals surface area contributed by atoms with E-state index in [4.69, 9.17) is 4.74 Å². The van der Waals surface area contributed by atoms with Gasteiger partial charge in [-0.25, -0.2) is 4.39 Å². The fraction of sp³-hybridized carbons (Fsp3) is 0.562. The van der Waals surface area contributed by atoms with Crippen LogP contribution in [0.25, 0.3) is 0 Å². The van der Waals surface area contributed by atoms with Crippen LogP contribution in [-0.2, 0) is 4.79 Å². The molecular formula is C16H22FNO3. The third kappa shape index (κ3) is 4.17. The van der Waals surface area contributed by atoms with Crippen molar-refractivity contribution in [3.8, 4) is 5.75 Å². The van der Waals surface area contributed by atoms with Crippen molar-refractivity contribution < 1.29 is 19.0 Å². The van der Waals surface area contributed by atoms with E-state index in [1.54, 1.807) is 26.0 Å². The maximum absolute atomic E-state index is 13.2. The lowest BCUT2D eigenvalue weighted by atomic mass is 9.94. The summed E-state index contributed by atoms with van der Waals surface area (Å²) in [7, 11) is 0. The highest BCUT2D eigenvalue weighted by atomic mass is 19.1. The van der Waals surface area contributed by atoms with Gasteiger partial charge in [0.05, 0.1) is 6.10 Å². The molecule has 0 aromatic heterocycles. The van der Waals surface area contributed by atoms with E-state index < -0.39 is 11.5 Å². The lowest BCUT2D eigenvalue weighted by Gasteiger charge is -2.29. The summed E-state index contributed by atoms with van der Waals surface area (Å²) in [5.74, 6) is -0.596. The summed E-state index contributed by atoms with van der Waals surface area (Å²) in [6.07, 6.45) is 2.10. The van der Waals surface area contributed by atoms with Crippen molar-refractivity contribution in [1.82, 2.24) is 5.32 Å². The molecule has 116 valence electrons. The van der Waals surface area contributed by atoms with Crippen LogP contribution >= 0.6 is 0 Å². The van der Waals surface area contributed by atoms with Crippen LogP contribution in [-0.4, -0.2) is 28.8 Å². The number of nitrogens with one attached hydrogen (secondary N) is 1. The number of aryl methyl sites for hydroxylation is 1. The molecule has 0 saturated heterocycles. The second-order valence-electron chi connectivity index (χ2n) is 6.10. The Labute approximate surface area is 124 Å². The van der Waals surface area contributed by atoms with Crippen LogP contribution in [0.15, 0.2) is 18.2 Å². The van der Waals surface area contributed by atoms with Gasteiger partial charge in [-0.1, -0.05) is 0 Å². The molecule has 4 nitrogen and oxygen atoms in total. The first-order chi connectivity index (χ1) is 9.80. The molecule has 1 fully saturated rings. The molecule has 1 aliphatic rings. The number of rotatable bonds is 7. The quantitative estimate of drug-likeness (QED) is 0.812. The molecule has 0 radical (unpaired) electrons. The van der Waals surface area contributed by atoms with Gasteiger partial charge in [0.25, 0.3) is 0 Å². The topological polar surface area (TPSA) is 58.6 Å². The average molecular weight is 295 g/mol. The van der Waals surface area contributed by atoms with Crippen molar-refractivity contribution >= 4 is 5.97 Å². The molecule has 21 heavy (non-hydrogen) atoms. The second kappa shape index (κ2) is 6.02. The van der Waals surface area contributed by atoms with Crippen LogP contribution in [0, 0.1) is 12.7 Å². The van der Waals surface area contributed by atoms with Crippen LogP contribution in [0.2, 0.25) is 0 Å². The summed E-state index contributed by atoms with van der Waals surface area (Å²) < 4.78 is 18.9. The number of aliphatic carboxylic acids is 1. The van der Waals surface area contributed by atoms with Crippen molar-refractivity contribution in [2.45, 2.75) is 57.7 Å². The Morgan fingerprint density at radius 1 is 1.57 bits per heavy atom. The van der Waals surface area contributed by atoms with Crippen LogP contribution in [0.4, 0.5) is 4.39 Å². The highest BCUT2D eigenvalue weighted by molar-refractivity contribution is 5.78. The van der Waals surface area contributed by atoms with Gasteiger partial charge in [0, 0.05) is 12.5 Å². The minimum atomic E-state index is -1.00. The highest BCUT2D eigenvalue weighted by Gasteiger charge is 2.39. The van der Waals surface area contributed by atoms with Crippen molar-refractivity contribution in [3.63, 3.8) is 0 Å². The smallest absolute Gasteiger partial charge is 0.323 e. The monoisotopic (exact) mass is 295 g/mol. The Balaban J connectivity index is 1.99. The molecular weight excluding hydrogens is 273 g/mol. The van der Waals surface area contributed by atoms with Gasteiger partial charge >= 0.3 is 5.97 Å². The predicted molar refractivity (Wildman–Crippen MR) is 78.0 cm³/mol. The number of halogens is 1. The lowest BCUT2D eigenvalue weighted by Crippen LogP contribution is -2.52. The first-order valence-corrected chi connectivity index (χ1v) is 7.24. The number of carbonyl (C=O) groups is 1. The maximum atomic E-state index is 13.2. The minimum absolute atomic E-state index is 0.277. The van der Waals surface area contributed by atoms with E-state index in [1.807, 2.05) is 6.92 Å². The summed E-state index contributed by atoms with van der Waals surface area (Å²) in [5.41, 5.74) is -0.493. The summed E-state index contributed by atoms with van der Waals surface area (Å²) in [4.78, 5) is 11.5. The molecule has 0 aliphatic heterocycles. The highest BCUT2D eigenvalue weighted by Crippen LogP contribution is 2.26. The number of benzene rings is 1. The zero-order chi connectivity index (χ0) is 15.6. The first kappa shape index (κ1) is 15.8. The fourth-order valence-corrected chi connectivity index (χ4v) is 2.43. The average Bonchev–Trinajstić information content (AvgIpc) is 3.17. The Bertz CT molecular complexity index is 530. The van der Waals surface area contributed by atoms with Gasteiger partial charge < -0.3 is 9.84 Å². The molecule has 5 heteroatoms. The molecule has 0 spiro atoms. The Kier molecular flexibility index (Phi) is 4.52. The standard InChI is InChI=1S/C16H22FNO3/c1-10-8-13(6-7-14(10)17)21-11(2)9-16(3,15(19)20)18-12-4-5-12/h6-8,11-12,18H,4-5,9H2,1-3H3,(H,19,20). The van der Waals surface area contributed by atoms with Crippen molar-refractivity contribution in [1.29, 1.82) is 0 Å². The maximum Gasteiger partial charge on any atom is 0.323 e. The van der Waals surface area contributed by atoms with Crippen LogP contribution in [0.1, 0.15) is 38.7 Å². The van der Waals surface area contributed by atoms with E-state index in [9.17, 15) is 14.3 Å². The number of hydrogen-bond donors (Lipinski definition) is 2. The SMILES string of the molecule is Cc1cc(OC(C)CC(C)(NC2CC2)C(=O)O)ccc1F. The van der Waals surface area contributed by atoms with E-state index in [0.29, 0.717) is 23.8 Å². The summed E-state index contributed by atoms with van der Waals surface area (Å²) >= 11 is 0. The van der Waals surface area contributed by atoms with Gasteiger partial charge in [-0.3, -0.25) is 10.1 Å². The predicted octanol–water partition coefficient (Wildman–Crippen LogP) is 2.89. The molecule has 1 aliphatic carbocycles. The fourth-order valence-electron chi connectivity index (χ4n) is 2.43. The number of carboxylic acids is 1. The lowest BCUT2D eigenvalue weighted by molar-refractivity contribution is -0.145. The molecule has 2 N–H and O–H groups in total. The summed E-state index contributed by atoms with van der Waals surface area (Å²) in [6, 6.07) is 4.84. The largest absolute Gasteiger partial charge is 0.491 e. The van der Waals surface area contributed by atoms with E-state index in [2.05, 4.69) is 5.32 Å². The normalized spacial score (nSPS) is 18.9. The number of ether oxygens (including phenoxy) is 1. The molecule has 2 atom stereocenters. The molecule has 2 unspecified atom stereocenters. The zero-order valence-corrected chi connectivity index (χ0v) is 12.6. The van der Waals surface area contributed by atoms with Crippen molar-refractivity contribution in [2.24, 2.45) is 0 Å². The Hall–Kier alpha value is -1.62. The van der Waals surface area contributed by atoms with Gasteiger partial charge in [0.1, 0.15) is 17.1 Å². The van der Waals surface area contributed by atoms with E-state index >= 15 is 0 Å². The summed E-state index contributed by atoms with van der Waals surface area (Å²) in [6.45, 7) is 5.18. The van der Waals surface area contributed by atoms with Gasteiger partial charge in [-0.2, -0.15) is 0 Å². The molecule has 1 aromatic carbocycles. The first-order valence-electron chi connectivity index (χ1n) is 7.24. The van der Waals surface area contributed by atoms with Gasteiger partial charge in [-0.15, -0.1) is 0 Å². The van der Waals surface area contributed by atoms with Gasteiger partial charge in [-0.05, 0) is 57.4 Å². The second-order valence-corrected chi connectivity index (χ2v) is 6.10. The van der Waals surface area contributed by atoms with Crippen LogP contribution < -0.4 is 10.1 Å². The van der Waals surface area contributed by atoms with Crippen molar-refractivity contribution in [2.75, 3.05) is 0 Å². The molecule has 0 heterocycles. The molecule has 1 aromatic rings. The Morgan fingerprint density at radius 3 is 2.76 bits per heavy atom. The number of carboxylic acid groups (broad SMARTS) is 1. The van der Waals surface area contributed by atoms with E-state index in [-0.39, 0.29) is 11.9 Å². The molecule has 1 saturated carbocycles. The van der Waals surface area contributed by atoms with Gasteiger partial charge in [0.2, 0.25) is 0 Å². The number of hydrogen-bond acceptors (Lipinski definition) is 3. The minimum Gasteiger partial charge on any atom is -0.491 e. The summed E-state index contributed by atoms with van der Waals surface area (Å²) in [5, 5.41) is 12.6. The molecule has 0 amide bonds. The van der Waals surface area contributed by atoms with Gasteiger partial charge in [0.15, 0.2) is 0 Å². The zero-order valence-electron chi connectivity index (χ0n) is 12.6. The molecule has 0 bridgehead atoms. The van der Waals surface area contributed by atoms with Crippen LogP contribution in [0.5, 0.6) is 5.75 Å². The Morgan fingerprint density at radius 2 is 2.24 bits per heavy atom. The van der Waals surface area contributed by atoms with E-state index in [1.165, 1.54) is 6.07 Å². The van der Waals surface area contributed by atoms with E-state index in [0.717, 1.165) is 12.8 Å². The third-order valence-electron chi connectivity index (χ3n) is 3.73. The third-order valence-corrected chi connectivity index (χ3v) is 3.73.